The molecule has 2 N–H and O–H groups in total. The molecule has 0 aromatic carbocycles. The van der Waals surface area contributed by atoms with Gasteiger partial charge in [0.05, 0.1) is 0 Å². The Kier molecular flexibility index (Phi) is 4.45. The fraction of sp³-hybridized carbons (Fsp3) is 1.00. The molecule has 0 aliphatic carbocycles. The molecule has 0 amide bonds. The molecule has 17 heavy (non-hydrogen) atoms. The lowest BCUT2D eigenvalue weighted by Gasteiger charge is -2.33. The summed E-state index contributed by atoms with van der Waals surface area (Å²) in [4.78, 5) is 5.18. The Balaban J connectivity index is 1.72. The third kappa shape index (κ3) is 3.43. The molecule has 0 spiro atoms. The standard InChI is InChI=1S/C14H29N3/c1-14(11-15)7-10-17(12-14)9-6-13-5-3-4-8-16(13)2/h13H,3-12,15H2,1-2H3. The lowest BCUT2D eigenvalue weighted by Crippen LogP contribution is -2.39. The summed E-state index contributed by atoms with van der Waals surface area (Å²) in [6.45, 7) is 8.20. The minimum absolute atomic E-state index is 0.387. The van der Waals surface area contributed by atoms with Crippen molar-refractivity contribution in [2.24, 2.45) is 11.1 Å². The van der Waals surface area contributed by atoms with Crippen molar-refractivity contribution in [3.8, 4) is 0 Å². The molecule has 100 valence electrons. The van der Waals surface area contributed by atoms with Crippen LogP contribution in [0.2, 0.25) is 0 Å². The summed E-state index contributed by atoms with van der Waals surface area (Å²) >= 11 is 0. The predicted molar refractivity (Wildman–Crippen MR) is 73.1 cm³/mol. The van der Waals surface area contributed by atoms with E-state index in [1.165, 1.54) is 58.3 Å². The Bertz CT molecular complexity index is 244. The number of hydrogen-bond acceptors (Lipinski definition) is 3. The molecule has 0 saturated carbocycles. The summed E-state index contributed by atoms with van der Waals surface area (Å²) in [6, 6.07) is 0.827. The van der Waals surface area contributed by atoms with Crippen LogP contribution in [-0.2, 0) is 0 Å². The molecule has 0 aromatic heterocycles. The maximum atomic E-state index is 5.86. The Hall–Kier alpha value is -0.120. The zero-order valence-electron chi connectivity index (χ0n) is 11.6. The van der Waals surface area contributed by atoms with Gasteiger partial charge < -0.3 is 15.5 Å². The number of nitrogens with zero attached hydrogens (tertiary/aromatic N) is 2. The van der Waals surface area contributed by atoms with E-state index in [0.29, 0.717) is 5.41 Å². The van der Waals surface area contributed by atoms with Gasteiger partial charge in [-0.3, -0.25) is 0 Å². The fourth-order valence-electron chi connectivity index (χ4n) is 3.32. The van der Waals surface area contributed by atoms with Crippen LogP contribution < -0.4 is 5.73 Å². The normalized spacial score (nSPS) is 36.5. The van der Waals surface area contributed by atoms with E-state index in [-0.39, 0.29) is 0 Å². The van der Waals surface area contributed by atoms with E-state index in [1.54, 1.807) is 0 Å². The zero-order valence-corrected chi connectivity index (χ0v) is 11.6. The van der Waals surface area contributed by atoms with E-state index >= 15 is 0 Å². The second-order valence-electron chi connectivity index (χ2n) is 6.46. The van der Waals surface area contributed by atoms with Crippen molar-refractivity contribution in [2.45, 2.75) is 45.1 Å². The van der Waals surface area contributed by atoms with Crippen molar-refractivity contribution in [1.82, 2.24) is 9.80 Å². The maximum absolute atomic E-state index is 5.86. The van der Waals surface area contributed by atoms with E-state index in [1.807, 2.05) is 0 Å². The third-order valence-electron chi connectivity index (χ3n) is 4.83. The quantitative estimate of drug-likeness (QED) is 0.807. The molecule has 2 fully saturated rings. The molecule has 3 heteroatoms. The molecule has 2 heterocycles. The lowest BCUT2D eigenvalue weighted by molar-refractivity contribution is 0.157. The minimum atomic E-state index is 0.387. The Morgan fingerprint density at radius 1 is 1.29 bits per heavy atom. The van der Waals surface area contributed by atoms with Crippen LogP contribution >= 0.6 is 0 Å². The molecule has 2 aliphatic heterocycles. The first-order valence-corrected chi connectivity index (χ1v) is 7.26. The zero-order chi connectivity index (χ0) is 12.3. The minimum Gasteiger partial charge on any atom is -0.330 e. The number of nitrogens with two attached hydrogens (primary N) is 1. The van der Waals surface area contributed by atoms with Crippen molar-refractivity contribution >= 4 is 0 Å². The maximum Gasteiger partial charge on any atom is 0.0104 e. The highest BCUT2D eigenvalue weighted by Crippen LogP contribution is 2.29. The Labute approximate surface area is 106 Å². The van der Waals surface area contributed by atoms with Gasteiger partial charge in [0.1, 0.15) is 0 Å². The van der Waals surface area contributed by atoms with Crippen molar-refractivity contribution in [3.63, 3.8) is 0 Å². The Morgan fingerprint density at radius 2 is 2.12 bits per heavy atom. The summed E-state index contributed by atoms with van der Waals surface area (Å²) in [5.74, 6) is 0. The van der Waals surface area contributed by atoms with Crippen LogP contribution in [0, 0.1) is 5.41 Å². The van der Waals surface area contributed by atoms with Crippen molar-refractivity contribution in [3.05, 3.63) is 0 Å². The number of rotatable bonds is 4. The molecule has 2 rings (SSSR count). The van der Waals surface area contributed by atoms with Gasteiger partial charge in [0, 0.05) is 12.6 Å². The largest absolute Gasteiger partial charge is 0.330 e. The molecule has 3 nitrogen and oxygen atoms in total. The van der Waals surface area contributed by atoms with Crippen molar-refractivity contribution < 1.29 is 0 Å². The first-order valence-electron chi connectivity index (χ1n) is 7.26. The highest BCUT2D eigenvalue weighted by molar-refractivity contribution is 4.87. The van der Waals surface area contributed by atoms with Crippen LogP contribution in [0.3, 0.4) is 0 Å². The van der Waals surface area contributed by atoms with Gasteiger partial charge in [0.2, 0.25) is 0 Å². The van der Waals surface area contributed by atoms with E-state index in [9.17, 15) is 0 Å². The van der Waals surface area contributed by atoms with Gasteiger partial charge in [-0.25, -0.2) is 0 Å². The van der Waals surface area contributed by atoms with E-state index in [4.69, 9.17) is 5.73 Å². The topological polar surface area (TPSA) is 32.5 Å². The van der Waals surface area contributed by atoms with Gasteiger partial charge >= 0.3 is 0 Å². The smallest absolute Gasteiger partial charge is 0.0104 e. The number of likely N-dealkylation sites (tertiary alicyclic amines) is 2. The molecule has 2 saturated heterocycles. The van der Waals surface area contributed by atoms with Gasteiger partial charge in [-0.15, -0.1) is 0 Å². The summed E-state index contributed by atoms with van der Waals surface area (Å²) in [5.41, 5.74) is 6.24. The van der Waals surface area contributed by atoms with Gasteiger partial charge in [-0.2, -0.15) is 0 Å². The first-order chi connectivity index (χ1) is 8.13. The molecule has 2 aliphatic rings. The van der Waals surface area contributed by atoms with E-state index in [2.05, 4.69) is 23.8 Å². The molecular weight excluding hydrogens is 210 g/mol. The highest BCUT2D eigenvalue weighted by atomic mass is 15.2. The van der Waals surface area contributed by atoms with Crippen LogP contribution in [-0.4, -0.2) is 55.6 Å². The highest BCUT2D eigenvalue weighted by Gasteiger charge is 2.32. The first kappa shape index (κ1) is 13.3. The van der Waals surface area contributed by atoms with Crippen LogP contribution in [0.5, 0.6) is 0 Å². The summed E-state index contributed by atoms with van der Waals surface area (Å²) < 4.78 is 0. The van der Waals surface area contributed by atoms with Crippen LogP contribution in [0.15, 0.2) is 0 Å². The fourth-order valence-corrected chi connectivity index (χ4v) is 3.32. The van der Waals surface area contributed by atoms with Crippen molar-refractivity contribution in [1.29, 1.82) is 0 Å². The third-order valence-corrected chi connectivity index (χ3v) is 4.83. The summed E-state index contributed by atoms with van der Waals surface area (Å²) in [7, 11) is 2.29. The molecule has 0 aromatic rings. The van der Waals surface area contributed by atoms with Gasteiger partial charge in [-0.1, -0.05) is 13.3 Å². The molecule has 2 atom stereocenters. The average molecular weight is 239 g/mol. The van der Waals surface area contributed by atoms with Crippen LogP contribution in [0.4, 0.5) is 0 Å². The van der Waals surface area contributed by atoms with Crippen LogP contribution in [0.25, 0.3) is 0 Å². The molecular formula is C14H29N3. The van der Waals surface area contributed by atoms with Gasteiger partial charge in [0.15, 0.2) is 0 Å². The van der Waals surface area contributed by atoms with E-state index < -0.39 is 0 Å². The monoisotopic (exact) mass is 239 g/mol. The van der Waals surface area contributed by atoms with Crippen LogP contribution in [0.1, 0.15) is 39.0 Å². The Morgan fingerprint density at radius 3 is 2.76 bits per heavy atom. The van der Waals surface area contributed by atoms with Gasteiger partial charge in [-0.05, 0) is 64.3 Å². The van der Waals surface area contributed by atoms with Gasteiger partial charge in [0.25, 0.3) is 0 Å². The second kappa shape index (κ2) is 5.68. The number of piperidine rings is 1. The molecule has 2 unspecified atom stereocenters. The average Bonchev–Trinajstić information content (AvgIpc) is 2.71. The van der Waals surface area contributed by atoms with E-state index in [0.717, 1.165) is 12.6 Å². The predicted octanol–water partition coefficient (Wildman–Crippen LogP) is 1.53. The summed E-state index contributed by atoms with van der Waals surface area (Å²) in [6.07, 6.45) is 6.84. The summed E-state index contributed by atoms with van der Waals surface area (Å²) in [5, 5.41) is 0. The number of hydrogen-bond donors (Lipinski definition) is 1. The molecule has 0 radical (unpaired) electrons. The second-order valence-corrected chi connectivity index (χ2v) is 6.46. The molecule has 0 bridgehead atoms. The van der Waals surface area contributed by atoms with Crippen molar-refractivity contribution in [2.75, 3.05) is 39.8 Å². The SMILES string of the molecule is CN1CCCCC1CCN1CCC(C)(CN)C1. The lowest BCUT2D eigenvalue weighted by atomic mass is 9.90.